The maximum absolute atomic E-state index is 12.6. The van der Waals surface area contributed by atoms with Gasteiger partial charge in [0.25, 0.3) is 0 Å². The van der Waals surface area contributed by atoms with Crippen LogP contribution in [0.15, 0.2) is 77.3 Å². The summed E-state index contributed by atoms with van der Waals surface area (Å²) >= 11 is 5.02. The lowest BCUT2D eigenvalue weighted by molar-refractivity contribution is -0.111. The van der Waals surface area contributed by atoms with Crippen LogP contribution in [-0.4, -0.2) is 18.0 Å². The lowest BCUT2D eigenvalue weighted by Gasteiger charge is -2.13. The summed E-state index contributed by atoms with van der Waals surface area (Å²) in [6.45, 7) is 4.48. The zero-order valence-electron chi connectivity index (χ0n) is 19.7. The number of aromatic nitrogens is 1. The summed E-state index contributed by atoms with van der Waals surface area (Å²) in [5, 5.41) is 3.43. The van der Waals surface area contributed by atoms with Crippen molar-refractivity contribution in [3.8, 4) is 22.8 Å². The minimum absolute atomic E-state index is 0.256. The first kappa shape index (κ1) is 24.7. The molecule has 7 heteroatoms. The van der Waals surface area contributed by atoms with Crippen LogP contribution in [0.4, 0.5) is 5.13 Å². The average molecular weight is 549 g/mol. The maximum Gasteiger partial charge on any atom is 0.250 e. The van der Waals surface area contributed by atoms with Gasteiger partial charge in [0.1, 0.15) is 6.61 Å². The molecule has 0 aliphatic carbocycles. The number of thiazole rings is 1. The Bertz CT molecular complexity index is 1350. The number of hydrogen-bond acceptors (Lipinski definition) is 5. The zero-order chi connectivity index (χ0) is 24.8. The Morgan fingerprint density at radius 3 is 2.54 bits per heavy atom. The molecule has 0 fully saturated rings. The Balaban J connectivity index is 1.44. The first-order chi connectivity index (χ1) is 16.9. The van der Waals surface area contributed by atoms with Crippen LogP contribution >= 0.6 is 27.3 Å². The van der Waals surface area contributed by atoms with Crippen LogP contribution in [0.2, 0.25) is 0 Å². The predicted octanol–water partition coefficient (Wildman–Crippen LogP) is 7.43. The molecule has 4 aromatic rings. The fraction of sp³-hybridized carbons (Fsp3) is 0.143. The number of methoxy groups -OCH3 is 1. The van der Waals surface area contributed by atoms with Gasteiger partial charge < -0.3 is 9.47 Å². The van der Waals surface area contributed by atoms with Crippen molar-refractivity contribution in [2.45, 2.75) is 20.5 Å². The standard InChI is InChI=1S/C28H25BrN2O3S/c1-18-9-12-22(13-10-18)26-19(2)35-28(31-26)30-25(32)14-11-21-15-23(29)27(24(16-21)33-3)34-17-20-7-5-4-6-8-20/h4-16H,17H2,1-3H3,(H,30,31,32)/b14-11+. The minimum Gasteiger partial charge on any atom is -0.493 e. The summed E-state index contributed by atoms with van der Waals surface area (Å²) in [5.41, 5.74) is 4.97. The van der Waals surface area contributed by atoms with Crippen LogP contribution in [-0.2, 0) is 11.4 Å². The number of rotatable bonds is 8. The Morgan fingerprint density at radius 1 is 1.09 bits per heavy atom. The van der Waals surface area contributed by atoms with Gasteiger partial charge in [-0.05, 0) is 59.1 Å². The smallest absolute Gasteiger partial charge is 0.250 e. The normalized spacial score (nSPS) is 11.0. The average Bonchev–Trinajstić information content (AvgIpc) is 3.22. The van der Waals surface area contributed by atoms with Crippen LogP contribution in [0.5, 0.6) is 11.5 Å². The highest BCUT2D eigenvalue weighted by Gasteiger charge is 2.13. The van der Waals surface area contributed by atoms with Crippen LogP contribution in [0.25, 0.3) is 17.3 Å². The molecule has 1 amide bonds. The second-order valence-corrected chi connectivity index (χ2v) is 9.98. The lowest BCUT2D eigenvalue weighted by atomic mass is 10.1. The molecule has 0 radical (unpaired) electrons. The molecule has 178 valence electrons. The Kier molecular flexibility index (Phi) is 8.00. The van der Waals surface area contributed by atoms with Crippen LogP contribution in [0.1, 0.15) is 21.6 Å². The van der Waals surface area contributed by atoms with E-state index < -0.39 is 0 Å². The third-order valence-electron chi connectivity index (χ3n) is 5.26. The number of halogens is 1. The van der Waals surface area contributed by atoms with Gasteiger partial charge in [-0.2, -0.15) is 0 Å². The molecule has 4 rings (SSSR count). The van der Waals surface area contributed by atoms with Gasteiger partial charge >= 0.3 is 0 Å². The molecular formula is C28H25BrN2O3S. The second kappa shape index (κ2) is 11.3. The fourth-order valence-corrected chi connectivity index (χ4v) is 4.87. The van der Waals surface area contributed by atoms with Gasteiger partial charge in [0.2, 0.25) is 5.91 Å². The van der Waals surface area contributed by atoms with Gasteiger partial charge in [0, 0.05) is 16.5 Å². The molecule has 0 atom stereocenters. The SMILES string of the molecule is COc1cc(/C=C/C(=O)Nc2nc(-c3ccc(C)cc3)c(C)s2)cc(Br)c1OCc1ccccc1. The largest absolute Gasteiger partial charge is 0.493 e. The highest BCUT2D eigenvalue weighted by atomic mass is 79.9. The van der Waals surface area contributed by atoms with Gasteiger partial charge in [0.15, 0.2) is 16.6 Å². The third kappa shape index (κ3) is 6.38. The number of amides is 1. The molecule has 3 aromatic carbocycles. The van der Waals surface area contributed by atoms with E-state index in [1.807, 2.05) is 61.5 Å². The number of hydrogen-bond donors (Lipinski definition) is 1. The molecule has 35 heavy (non-hydrogen) atoms. The number of ether oxygens (including phenoxy) is 2. The van der Waals surface area contributed by atoms with E-state index in [0.717, 1.165) is 31.7 Å². The van der Waals surface area contributed by atoms with Crippen molar-refractivity contribution in [2.24, 2.45) is 0 Å². The van der Waals surface area contributed by atoms with Gasteiger partial charge in [0.05, 0.1) is 17.3 Å². The van der Waals surface area contributed by atoms with Crippen LogP contribution in [0, 0.1) is 13.8 Å². The number of carbonyl (C=O) groups is 1. The third-order valence-corrected chi connectivity index (χ3v) is 6.73. The Labute approximate surface area is 217 Å². The van der Waals surface area contributed by atoms with E-state index >= 15 is 0 Å². The molecule has 1 N–H and O–H groups in total. The van der Waals surface area contributed by atoms with Crippen molar-refractivity contribution in [3.05, 3.63) is 98.8 Å². The number of nitrogens with zero attached hydrogens (tertiary/aromatic N) is 1. The topological polar surface area (TPSA) is 60.5 Å². The van der Waals surface area contributed by atoms with Crippen LogP contribution in [0.3, 0.4) is 0 Å². The van der Waals surface area contributed by atoms with Crippen molar-refractivity contribution in [3.63, 3.8) is 0 Å². The first-order valence-electron chi connectivity index (χ1n) is 11.0. The predicted molar refractivity (Wildman–Crippen MR) is 146 cm³/mol. The van der Waals surface area contributed by atoms with Gasteiger partial charge in [-0.25, -0.2) is 4.98 Å². The maximum atomic E-state index is 12.6. The summed E-state index contributed by atoms with van der Waals surface area (Å²) in [6.07, 6.45) is 3.21. The molecule has 0 unspecified atom stereocenters. The first-order valence-corrected chi connectivity index (χ1v) is 12.6. The minimum atomic E-state index is -0.256. The monoisotopic (exact) mass is 548 g/mol. The number of anilines is 1. The quantitative estimate of drug-likeness (QED) is 0.232. The van der Waals surface area contributed by atoms with Crippen molar-refractivity contribution in [1.82, 2.24) is 4.98 Å². The number of nitrogens with one attached hydrogen (secondary N) is 1. The molecule has 0 saturated heterocycles. The molecule has 1 heterocycles. The molecule has 1 aromatic heterocycles. The van der Waals surface area contributed by atoms with Gasteiger partial charge in [-0.3, -0.25) is 10.1 Å². The van der Waals surface area contributed by atoms with Crippen molar-refractivity contribution in [1.29, 1.82) is 0 Å². The summed E-state index contributed by atoms with van der Waals surface area (Å²) in [5.74, 6) is 0.933. The van der Waals surface area contributed by atoms with E-state index in [2.05, 4.69) is 45.3 Å². The van der Waals surface area contributed by atoms with Crippen molar-refractivity contribution < 1.29 is 14.3 Å². The summed E-state index contributed by atoms with van der Waals surface area (Å²) < 4.78 is 12.2. The lowest BCUT2D eigenvalue weighted by Crippen LogP contribution is -2.07. The van der Waals surface area contributed by atoms with Crippen LogP contribution < -0.4 is 14.8 Å². The molecule has 5 nitrogen and oxygen atoms in total. The highest BCUT2D eigenvalue weighted by Crippen LogP contribution is 2.37. The highest BCUT2D eigenvalue weighted by molar-refractivity contribution is 9.10. The second-order valence-electron chi connectivity index (χ2n) is 7.92. The zero-order valence-corrected chi connectivity index (χ0v) is 22.1. The molecule has 0 aliphatic heterocycles. The Hall–Kier alpha value is -3.42. The van der Waals surface area contributed by atoms with E-state index in [-0.39, 0.29) is 5.91 Å². The van der Waals surface area contributed by atoms with E-state index in [9.17, 15) is 4.79 Å². The number of aryl methyl sites for hydroxylation is 2. The molecule has 0 saturated carbocycles. The fourth-order valence-electron chi connectivity index (χ4n) is 3.45. The van der Waals surface area contributed by atoms with E-state index in [4.69, 9.17) is 9.47 Å². The van der Waals surface area contributed by atoms with Gasteiger partial charge in [-0.15, -0.1) is 11.3 Å². The molecule has 0 bridgehead atoms. The summed E-state index contributed by atoms with van der Waals surface area (Å²) in [7, 11) is 1.59. The van der Waals surface area contributed by atoms with Crippen molar-refractivity contribution in [2.75, 3.05) is 12.4 Å². The number of carbonyl (C=O) groups excluding carboxylic acids is 1. The summed E-state index contributed by atoms with van der Waals surface area (Å²) in [4.78, 5) is 18.2. The number of benzene rings is 3. The summed E-state index contributed by atoms with van der Waals surface area (Å²) in [6, 6.07) is 21.8. The van der Waals surface area contributed by atoms with Crippen molar-refractivity contribution >= 4 is 44.4 Å². The van der Waals surface area contributed by atoms with Gasteiger partial charge in [-0.1, -0.05) is 60.2 Å². The van der Waals surface area contributed by atoms with E-state index in [1.165, 1.54) is 23.0 Å². The Morgan fingerprint density at radius 2 is 1.83 bits per heavy atom. The van der Waals surface area contributed by atoms with E-state index in [1.54, 1.807) is 13.2 Å². The molecule has 0 aliphatic rings. The molecular weight excluding hydrogens is 524 g/mol. The van der Waals surface area contributed by atoms with E-state index in [0.29, 0.717) is 23.2 Å². The molecule has 0 spiro atoms.